The van der Waals surface area contributed by atoms with E-state index in [2.05, 4.69) is 4.98 Å². The molecular formula is C17H16N2O4. The zero-order valence-electron chi connectivity index (χ0n) is 12.8. The quantitative estimate of drug-likeness (QED) is 0.779. The molecule has 2 aromatic carbocycles. The summed E-state index contributed by atoms with van der Waals surface area (Å²) in [6.45, 7) is 0. The molecule has 0 aliphatic carbocycles. The zero-order chi connectivity index (χ0) is 16.4. The van der Waals surface area contributed by atoms with Crippen LogP contribution in [0.15, 0.2) is 46.9 Å². The molecule has 118 valence electrons. The maximum atomic E-state index is 10.9. The maximum Gasteiger partial charge on any atom is 0.307 e. The second kappa shape index (κ2) is 6.00. The van der Waals surface area contributed by atoms with Crippen molar-refractivity contribution in [3.05, 3.63) is 48.0 Å². The van der Waals surface area contributed by atoms with Crippen molar-refractivity contribution >= 4 is 28.8 Å². The normalized spacial score (nSPS) is 10.7. The monoisotopic (exact) mass is 312 g/mol. The standard InChI is InChI=1S/C17H16N2O4/c1-19(12-6-4-3-5-7-12)17-18-16-13(22-2)8-11(10-15(20)21)9-14(16)23-17/h3-9H,10H2,1-2H3,(H,20,21). The third-order valence-electron chi connectivity index (χ3n) is 3.51. The smallest absolute Gasteiger partial charge is 0.307 e. The lowest BCUT2D eigenvalue weighted by atomic mass is 10.1. The minimum atomic E-state index is -0.910. The third kappa shape index (κ3) is 2.96. The highest BCUT2D eigenvalue weighted by Gasteiger charge is 2.17. The number of hydrogen-bond acceptors (Lipinski definition) is 5. The van der Waals surface area contributed by atoms with Gasteiger partial charge in [-0.2, -0.15) is 4.98 Å². The lowest BCUT2D eigenvalue weighted by Crippen LogP contribution is -2.09. The molecule has 0 fully saturated rings. The average Bonchev–Trinajstić information content (AvgIpc) is 2.97. The third-order valence-corrected chi connectivity index (χ3v) is 3.51. The molecule has 0 amide bonds. The van der Waals surface area contributed by atoms with Crippen molar-refractivity contribution in [1.82, 2.24) is 4.98 Å². The summed E-state index contributed by atoms with van der Waals surface area (Å²) in [5.41, 5.74) is 2.61. The Kier molecular flexibility index (Phi) is 3.89. The molecule has 0 spiro atoms. The van der Waals surface area contributed by atoms with E-state index in [4.69, 9.17) is 14.3 Å². The van der Waals surface area contributed by atoms with Crippen molar-refractivity contribution in [2.75, 3.05) is 19.1 Å². The molecular weight excluding hydrogens is 296 g/mol. The summed E-state index contributed by atoms with van der Waals surface area (Å²) in [6.07, 6.45) is -0.100. The summed E-state index contributed by atoms with van der Waals surface area (Å²) in [7, 11) is 3.37. The van der Waals surface area contributed by atoms with Crippen LogP contribution >= 0.6 is 0 Å². The topological polar surface area (TPSA) is 75.8 Å². The zero-order valence-corrected chi connectivity index (χ0v) is 12.8. The van der Waals surface area contributed by atoms with E-state index < -0.39 is 5.97 Å². The van der Waals surface area contributed by atoms with Crippen molar-refractivity contribution in [2.24, 2.45) is 0 Å². The second-order valence-electron chi connectivity index (χ2n) is 5.11. The van der Waals surface area contributed by atoms with Gasteiger partial charge < -0.3 is 14.3 Å². The van der Waals surface area contributed by atoms with Gasteiger partial charge in [0, 0.05) is 12.7 Å². The van der Waals surface area contributed by atoms with Crippen LogP contribution in [-0.2, 0) is 11.2 Å². The SMILES string of the molecule is COc1cc(CC(=O)O)cc2oc(N(C)c3ccccc3)nc12. The molecule has 3 aromatic rings. The number of aliphatic carboxylic acids is 1. The number of aromatic nitrogens is 1. The van der Waals surface area contributed by atoms with Crippen molar-refractivity contribution < 1.29 is 19.1 Å². The van der Waals surface area contributed by atoms with Crippen LogP contribution in [-0.4, -0.2) is 30.2 Å². The maximum absolute atomic E-state index is 10.9. The van der Waals surface area contributed by atoms with Gasteiger partial charge in [0.15, 0.2) is 11.1 Å². The predicted molar refractivity (Wildman–Crippen MR) is 86.4 cm³/mol. The van der Waals surface area contributed by atoms with Crippen molar-refractivity contribution in [3.8, 4) is 5.75 Å². The molecule has 0 aliphatic heterocycles. The highest BCUT2D eigenvalue weighted by molar-refractivity contribution is 5.84. The number of nitrogens with zero attached hydrogens (tertiary/aromatic N) is 2. The minimum Gasteiger partial charge on any atom is -0.494 e. The molecule has 0 bridgehead atoms. The van der Waals surface area contributed by atoms with E-state index in [1.54, 1.807) is 12.1 Å². The van der Waals surface area contributed by atoms with Crippen LogP contribution in [0.2, 0.25) is 0 Å². The Bertz CT molecular complexity index is 842. The molecule has 23 heavy (non-hydrogen) atoms. The minimum absolute atomic E-state index is 0.100. The van der Waals surface area contributed by atoms with E-state index in [9.17, 15) is 4.79 Å². The number of oxazole rings is 1. The first-order valence-electron chi connectivity index (χ1n) is 7.06. The van der Waals surface area contributed by atoms with Crippen molar-refractivity contribution in [1.29, 1.82) is 0 Å². The summed E-state index contributed by atoms with van der Waals surface area (Å²) in [5, 5.41) is 8.95. The molecule has 1 heterocycles. The van der Waals surface area contributed by atoms with Gasteiger partial charge in [0.05, 0.1) is 13.5 Å². The first-order valence-corrected chi connectivity index (χ1v) is 7.06. The Labute approximate surface area is 132 Å². The fraction of sp³-hybridized carbons (Fsp3) is 0.176. The van der Waals surface area contributed by atoms with Crippen LogP contribution in [0.3, 0.4) is 0 Å². The lowest BCUT2D eigenvalue weighted by molar-refractivity contribution is -0.136. The number of rotatable bonds is 5. The molecule has 6 heteroatoms. The molecule has 0 saturated heterocycles. The number of carboxylic acid groups (broad SMARTS) is 1. The van der Waals surface area contributed by atoms with Gasteiger partial charge >= 0.3 is 12.0 Å². The molecule has 6 nitrogen and oxygen atoms in total. The van der Waals surface area contributed by atoms with Gasteiger partial charge in [0.2, 0.25) is 0 Å². The first kappa shape index (κ1) is 14.9. The fourth-order valence-electron chi connectivity index (χ4n) is 2.38. The van der Waals surface area contributed by atoms with Gasteiger partial charge in [0.25, 0.3) is 0 Å². The Morgan fingerprint density at radius 2 is 2.04 bits per heavy atom. The van der Waals surface area contributed by atoms with E-state index in [0.717, 1.165) is 5.69 Å². The number of anilines is 2. The Morgan fingerprint density at radius 3 is 2.70 bits per heavy atom. The summed E-state index contributed by atoms with van der Waals surface area (Å²) in [5.74, 6) is -0.414. The molecule has 1 N–H and O–H groups in total. The van der Waals surface area contributed by atoms with Crippen LogP contribution in [0.5, 0.6) is 5.75 Å². The summed E-state index contributed by atoms with van der Waals surface area (Å²) in [6, 6.07) is 13.5. The molecule has 0 radical (unpaired) electrons. The van der Waals surface area contributed by atoms with Crippen LogP contribution in [0.1, 0.15) is 5.56 Å². The number of carbonyl (C=O) groups is 1. The summed E-state index contributed by atoms with van der Waals surface area (Å²) < 4.78 is 11.1. The Hall–Kier alpha value is -3.02. The second-order valence-corrected chi connectivity index (χ2v) is 5.11. The largest absolute Gasteiger partial charge is 0.494 e. The fourth-order valence-corrected chi connectivity index (χ4v) is 2.38. The van der Waals surface area contributed by atoms with E-state index in [0.29, 0.717) is 28.4 Å². The number of benzene rings is 2. The highest BCUT2D eigenvalue weighted by Crippen LogP contribution is 2.32. The number of methoxy groups -OCH3 is 1. The van der Waals surface area contributed by atoms with Crippen LogP contribution in [0.25, 0.3) is 11.1 Å². The van der Waals surface area contributed by atoms with Gasteiger partial charge in [0.1, 0.15) is 5.75 Å². The van der Waals surface area contributed by atoms with Gasteiger partial charge in [-0.3, -0.25) is 9.69 Å². The number of para-hydroxylation sites is 1. The van der Waals surface area contributed by atoms with E-state index in [1.165, 1.54) is 7.11 Å². The lowest BCUT2D eigenvalue weighted by Gasteiger charge is -2.13. The number of carboxylic acids is 1. The Balaban J connectivity index is 2.05. The molecule has 0 aliphatic rings. The van der Waals surface area contributed by atoms with Crippen LogP contribution < -0.4 is 9.64 Å². The molecule has 3 rings (SSSR count). The van der Waals surface area contributed by atoms with Crippen LogP contribution in [0.4, 0.5) is 11.7 Å². The van der Waals surface area contributed by atoms with E-state index >= 15 is 0 Å². The Morgan fingerprint density at radius 1 is 1.30 bits per heavy atom. The first-order chi connectivity index (χ1) is 11.1. The highest BCUT2D eigenvalue weighted by atomic mass is 16.5. The van der Waals surface area contributed by atoms with Crippen molar-refractivity contribution in [3.63, 3.8) is 0 Å². The number of fused-ring (bicyclic) bond motifs is 1. The van der Waals surface area contributed by atoms with Crippen molar-refractivity contribution in [2.45, 2.75) is 6.42 Å². The van der Waals surface area contributed by atoms with Crippen LogP contribution in [0, 0.1) is 0 Å². The van der Waals surface area contributed by atoms with Gasteiger partial charge in [-0.25, -0.2) is 0 Å². The average molecular weight is 312 g/mol. The molecule has 0 atom stereocenters. The van der Waals surface area contributed by atoms with Gasteiger partial charge in [-0.15, -0.1) is 0 Å². The van der Waals surface area contributed by atoms with E-state index in [1.807, 2.05) is 42.3 Å². The molecule has 0 saturated carbocycles. The number of hydrogen-bond donors (Lipinski definition) is 1. The number of ether oxygens (including phenoxy) is 1. The van der Waals surface area contributed by atoms with Gasteiger partial charge in [-0.1, -0.05) is 18.2 Å². The summed E-state index contributed by atoms with van der Waals surface area (Å²) >= 11 is 0. The van der Waals surface area contributed by atoms with Gasteiger partial charge in [-0.05, 0) is 29.8 Å². The molecule has 1 aromatic heterocycles. The molecule has 0 unspecified atom stereocenters. The predicted octanol–water partition coefficient (Wildman–Crippen LogP) is 3.23. The van der Waals surface area contributed by atoms with E-state index in [-0.39, 0.29) is 6.42 Å². The summed E-state index contributed by atoms with van der Waals surface area (Å²) in [4.78, 5) is 17.2.